The minimum Gasteiger partial charge on any atom is -0.328 e. The fourth-order valence-electron chi connectivity index (χ4n) is 2.92. The van der Waals surface area contributed by atoms with Gasteiger partial charge in [0.2, 0.25) is 0 Å². The molecule has 1 heterocycles. The van der Waals surface area contributed by atoms with E-state index < -0.39 is 0 Å². The van der Waals surface area contributed by atoms with Crippen molar-refractivity contribution in [2.75, 3.05) is 13.1 Å². The third kappa shape index (κ3) is 4.07. The van der Waals surface area contributed by atoms with Crippen LogP contribution in [0.4, 0.5) is 0 Å². The molecule has 2 atom stereocenters. The first kappa shape index (κ1) is 13.5. The van der Waals surface area contributed by atoms with Crippen LogP contribution in [0.1, 0.15) is 38.2 Å². The molecule has 1 saturated carbocycles. The Morgan fingerprint density at radius 2 is 2.11 bits per heavy atom. The molecule has 1 aromatic heterocycles. The van der Waals surface area contributed by atoms with E-state index in [1.807, 2.05) is 12.4 Å². The van der Waals surface area contributed by atoms with E-state index in [1.54, 1.807) is 0 Å². The molecule has 3 heteroatoms. The van der Waals surface area contributed by atoms with Gasteiger partial charge in [0.25, 0.3) is 0 Å². The zero-order valence-corrected chi connectivity index (χ0v) is 11.4. The first-order chi connectivity index (χ1) is 8.78. The van der Waals surface area contributed by atoms with Crippen molar-refractivity contribution in [1.82, 2.24) is 9.88 Å². The number of hydrogen-bond donors (Lipinski definition) is 1. The summed E-state index contributed by atoms with van der Waals surface area (Å²) in [5.74, 6) is 0.788. The summed E-state index contributed by atoms with van der Waals surface area (Å²) in [6.45, 7) is 5.56. The second-order valence-electron chi connectivity index (χ2n) is 5.48. The fraction of sp³-hybridized carbons (Fsp3) is 0.667. The summed E-state index contributed by atoms with van der Waals surface area (Å²) in [5.41, 5.74) is 7.42. The first-order valence-corrected chi connectivity index (χ1v) is 7.14. The monoisotopic (exact) mass is 247 g/mol. The average Bonchev–Trinajstić information content (AvgIpc) is 2.39. The standard InChI is InChI=1S/C15H25N3/c1-2-18(11-13-6-8-17-9-7-13)12-14-4-3-5-15(16)10-14/h6-9,14-15H,2-5,10-12,16H2,1H3. The van der Waals surface area contributed by atoms with Gasteiger partial charge in [-0.15, -0.1) is 0 Å². The van der Waals surface area contributed by atoms with Crippen LogP contribution in [0.2, 0.25) is 0 Å². The lowest BCUT2D eigenvalue weighted by atomic mass is 9.86. The Hall–Kier alpha value is -0.930. The lowest BCUT2D eigenvalue weighted by Crippen LogP contribution is -2.35. The molecule has 2 unspecified atom stereocenters. The topological polar surface area (TPSA) is 42.2 Å². The van der Waals surface area contributed by atoms with Crippen molar-refractivity contribution < 1.29 is 0 Å². The van der Waals surface area contributed by atoms with Crippen molar-refractivity contribution in [3.63, 3.8) is 0 Å². The number of aromatic nitrogens is 1. The van der Waals surface area contributed by atoms with E-state index in [0.717, 1.165) is 19.0 Å². The molecule has 0 radical (unpaired) electrons. The molecule has 2 rings (SSSR count). The van der Waals surface area contributed by atoms with Crippen LogP contribution in [0.5, 0.6) is 0 Å². The van der Waals surface area contributed by atoms with Gasteiger partial charge in [-0.25, -0.2) is 0 Å². The van der Waals surface area contributed by atoms with Gasteiger partial charge in [-0.2, -0.15) is 0 Å². The summed E-state index contributed by atoms with van der Waals surface area (Å²) in [5, 5.41) is 0. The lowest BCUT2D eigenvalue weighted by Gasteiger charge is -2.31. The van der Waals surface area contributed by atoms with E-state index in [4.69, 9.17) is 5.73 Å². The molecule has 1 fully saturated rings. The molecule has 0 amide bonds. The minimum absolute atomic E-state index is 0.434. The highest BCUT2D eigenvalue weighted by atomic mass is 15.1. The number of nitrogens with two attached hydrogens (primary N) is 1. The van der Waals surface area contributed by atoms with Gasteiger partial charge in [-0.1, -0.05) is 13.3 Å². The van der Waals surface area contributed by atoms with Gasteiger partial charge in [0.05, 0.1) is 0 Å². The highest BCUT2D eigenvalue weighted by Crippen LogP contribution is 2.24. The van der Waals surface area contributed by atoms with Crippen molar-refractivity contribution in [3.05, 3.63) is 30.1 Å². The minimum atomic E-state index is 0.434. The molecule has 100 valence electrons. The maximum atomic E-state index is 6.07. The molecule has 18 heavy (non-hydrogen) atoms. The fourth-order valence-corrected chi connectivity index (χ4v) is 2.92. The summed E-state index contributed by atoms with van der Waals surface area (Å²) in [4.78, 5) is 6.59. The van der Waals surface area contributed by atoms with Crippen molar-refractivity contribution in [3.8, 4) is 0 Å². The quantitative estimate of drug-likeness (QED) is 0.869. The maximum Gasteiger partial charge on any atom is 0.0271 e. The predicted molar refractivity (Wildman–Crippen MR) is 75.1 cm³/mol. The smallest absolute Gasteiger partial charge is 0.0271 e. The summed E-state index contributed by atoms with van der Waals surface area (Å²) >= 11 is 0. The Balaban J connectivity index is 1.85. The van der Waals surface area contributed by atoms with E-state index in [2.05, 4.69) is 28.9 Å². The average molecular weight is 247 g/mol. The SMILES string of the molecule is CCN(Cc1ccncc1)CC1CCCC(N)C1. The van der Waals surface area contributed by atoms with Crippen LogP contribution in [0.25, 0.3) is 0 Å². The van der Waals surface area contributed by atoms with Crippen LogP contribution in [-0.2, 0) is 6.54 Å². The van der Waals surface area contributed by atoms with E-state index >= 15 is 0 Å². The van der Waals surface area contributed by atoms with Gasteiger partial charge in [-0.3, -0.25) is 9.88 Å². The second kappa shape index (κ2) is 6.86. The predicted octanol–water partition coefficient (Wildman–Crippen LogP) is 2.42. The Morgan fingerprint density at radius 1 is 1.33 bits per heavy atom. The molecule has 1 aliphatic rings. The van der Waals surface area contributed by atoms with Crippen molar-refractivity contribution in [2.24, 2.45) is 11.7 Å². The van der Waals surface area contributed by atoms with Crippen LogP contribution in [-0.4, -0.2) is 29.0 Å². The number of pyridine rings is 1. The van der Waals surface area contributed by atoms with Crippen molar-refractivity contribution >= 4 is 0 Å². The number of rotatable bonds is 5. The summed E-state index contributed by atoms with van der Waals surface area (Å²) in [6.07, 6.45) is 8.82. The summed E-state index contributed by atoms with van der Waals surface area (Å²) in [6, 6.07) is 4.65. The lowest BCUT2D eigenvalue weighted by molar-refractivity contribution is 0.193. The van der Waals surface area contributed by atoms with E-state index in [0.29, 0.717) is 6.04 Å². The third-order valence-electron chi connectivity index (χ3n) is 3.94. The van der Waals surface area contributed by atoms with E-state index in [9.17, 15) is 0 Å². The van der Waals surface area contributed by atoms with Crippen LogP contribution >= 0.6 is 0 Å². The van der Waals surface area contributed by atoms with Crippen LogP contribution in [0, 0.1) is 5.92 Å². The molecular formula is C15H25N3. The van der Waals surface area contributed by atoms with Gasteiger partial charge in [-0.05, 0) is 49.4 Å². The Bertz CT molecular complexity index is 339. The highest BCUT2D eigenvalue weighted by molar-refractivity contribution is 5.09. The summed E-state index contributed by atoms with van der Waals surface area (Å²) in [7, 11) is 0. The Kier molecular flexibility index (Phi) is 5.14. The van der Waals surface area contributed by atoms with Gasteiger partial charge in [0, 0.05) is 31.5 Å². The molecule has 3 nitrogen and oxygen atoms in total. The van der Waals surface area contributed by atoms with Crippen LogP contribution in [0.15, 0.2) is 24.5 Å². The van der Waals surface area contributed by atoms with Gasteiger partial charge >= 0.3 is 0 Å². The zero-order valence-electron chi connectivity index (χ0n) is 11.4. The molecule has 2 N–H and O–H groups in total. The molecule has 0 aromatic carbocycles. The van der Waals surface area contributed by atoms with Gasteiger partial charge < -0.3 is 5.73 Å². The molecule has 0 spiro atoms. The van der Waals surface area contributed by atoms with Gasteiger partial charge in [0.15, 0.2) is 0 Å². The Labute approximate surface area is 110 Å². The largest absolute Gasteiger partial charge is 0.328 e. The van der Waals surface area contributed by atoms with Crippen molar-refractivity contribution in [1.29, 1.82) is 0 Å². The number of nitrogens with zero attached hydrogens (tertiary/aromatic N) is 2. The van der Waals surface area contributed by atoms with E-state index in [1.165, 1.54) is 37.8 Å². The van der Waals surface area contributed by atoms with E-state index in [-0.39, 0.29) is 0 Å². The first-order valence-electron chi connectivity index (χ1n) is 7.14. The molecule has 0 saturated heterocycles. The third-order valence-corrected chi connectivity index (χ3v) is 3.94. The van der Waals surface area contributed by atoms with Crippen molar-refractivity contribution in [2.45, 2.75) is 45.2 Å². The number of hydrogen-bond acceptors (Lipinski definition) is 3. The Morgan fingerprint density at radius 3 is 2.78 bits per heavy atom. The van der Waals surface area contributed by atoms with Crippen LogP contribution < -0.4 is 5.73 Å². The summed E-state index contributed by atoms with van der Waals surface area (Å²) < 4.78 is 0. The second-order valence-corrected chi connectivity index (χ2v) is 5.48. The molecular weight excluding hydrogens is 222 g/mol. The molecule has 0 aliphatic heterocycles. The molecule has 1 aromatic rings. The molecule has 1 aliphatic carbocycles. The van der Waals surface area contributed by atoms with Crippen LogP contribution in [0.3, 0.4) is 0 Å². The maximum absolute atomic E-state index is 6.07. The van der Waals surface area contributed by atoms with Gasteiger partial charge in [0.1, 0.15) is 0 Å². The highest BCUT2D eigenvalue weighted by Gasteiger charge is 2.21. The molecule has 0 bridgehead atoms. The zero-order chi connectivity index (χ0) is 12.8. The normalized spacial score (nSPS) is 24.4.